The number of hydrogen-bond acceptors (Lipinski definition) is 3. The van der Waals surface area contributed by atoms with Gasteiger partial charge >= 0.3 is 5.97 Å². The SMILES string of the molecule is CC(=O)Oc1[c]ccc(-c2cccc(C(=O)c3ccccc3)c2)c1. The molecule has 0 aromatic heterocycles. The second-order valence-electron chi connectivity index (χ2n) is 5.31. The number of benzene rings is 3. The molecule has 3 rings (SSSR count). The van der Waals surface area contributed by atoms with Gasteiger partial charge in [-0.1, -0.05) is 54.6 Å². The van der Waals surface area contributed by atoms with Crippen LogP contribution in [0.5, 0.6) is 5.75 Å². The van der Waals surface area contributed by atoms with Crippen LogP contribution in [0.1, 0.15) is 22.8 Å². The normalized spacial score (nSPS) is 10.2. The van der Waals surface area contributed by atoms with Gasteiger partial charge in [0, 0.05) is 24.1 Å². The zero-order valence-corrected chi connectivity index (χ0v) is 13.2. The van der Waals surface area contributed by atoms with Crippen molar-refractivity contribution in [1.82, 2.24) is 0 Å². The van der Waals surface area contributed by atoms with Crippen LogP contribution < -0.4 is 4.74 Å². The lowest BCUT2D eigenvalue weighted by atomic mass is 9.98. The summed E-state index contributed by atoms with van der Waals surface area (Å²) in [6, 6.07) is 24.7. The van der Waals surface area contributed by atoms with Gasteiger partial charge in [0.1, 0.15) is 5.75 Å². The lowest BCUT2D eigenvalue weighted by Crippen LogP contribution is -2.02. The van der Waals surface area contributed by atoms with E-state index in [1.807, 2.05) is 42.5 Å². The smallest absolute Gasteiger partial charge is 0.308 e. The fourth-order valence-electron chi connectivity index (χ4n) is 2.43. The Balaban J connectivity index is 1.94. The monoisotopic (exact) mass is 315 g/mol. The van der Waals surface area contributed by atoms with Gasteiger partial charge in [0.05, 0.1) is 0 Å². The van der Waals surface area contributed by atoms with Gasteiger partial charge in [0.25, 0.3) is 0 Å². The van der Waals surface area contributed by atoms with Crippen molar-refractivity contribution in [2.24, 2.45) is 0 Å². The molecule has 0 unspecified atom stereocenters. The summed E-state index contributed by atoms with van der Waals surface area (Å²) in [4.78, 5) is 23.6. The summed E-state index contributed by atoms with van der Waals surface area (Å²) in [6.07, 6.45) is 0. The zero-order chi connectivity index (χ0) is 16.9. The second kappa shape index (κ2) is 6.92. The Morgan fingerprint density at radius 3 is 2.29 bits per heavy atom. The number of carbonyl (C=O) groups excluding carboxylic acids is 2. The molecular weight excluding hydrogens is 300 g/mol. The van der Waals surface area contributed by atoms with E-state index in [-0.39, 0.29) is 5.78 Å². The molecule has 0 bridgehead atoms. The molecule has 24 heavy (non-hydrogen) atoms. The molecule has 0 heterocycles. The predicted octanol–water partition coefficient (Wildman–Crippen LogP) is 4.31. The quantitative estimate of drug-likeness (QED) is 0.409. The molecule has 0 aliphatic rings. The van der Waals surface area contributed by atoms with E-state index in [0.29, 0.717) is 16.9 Å². The molecule has 0 aliphatic carbocycles. The minimum absolute atomic E-state index is 0.0276. The number of esters is 1. The lowest BCUT2D eigenvalue weighted by molar-refractivity contribution is -0.131. The number of carbonyl (C=O) groups is 2. The van der Waals surface area contributed by atoms with Crippen LogP contribution in [0.15, 0.2) is 72.8 Å². The van der Waals surface area contributed by atoms with Crippen LogP contribution >= 0.6 is 0 Å². The first kappa shape index (κ1) is 15.7. The predicted molar refractivity (Wildman–Crippen MR) is 91.9 cm³/mol. The van der Waals surface area contributed by atoms with Crippen molar-refractivity contribution in [2.45, 2.75) is 6.92 Å². The van der Waals surface area contributed by atoms with Crippen LogP contribution in [0.2, 0.25) is 0 Å². The van der Waals surface area contributed by atoms with Crippen LogP contribution in [0, 0.1) is 6.07 Å². The van der Waals surface area contributed by atoms with Crippen LogP contribution in [0.25, 0.3) is 11.1 Å². The van der Waals surface area contributed by atoms with Crippen molar-refractivity contribution in [1.29, 1.82) is 0 Å². The summed E-state index contributed by atoms with van der Waals surface area (Å²) in [6.45, 7) is 1.35. The Bertz CT molecular complexity index is 882. The van der Waals surface area contributed by atoms with Gasteiger partial charge in [-0.2, -0.15) is 0 Å². The summed E-state index contributed by atoms with van der Waals surface area (Å²) in [5.74, 6) is -0.0589. The third-order valence-corrected chi connectivity index (χ3v) is 3.52. The van der Waals surface area contributed by atoms with Crippen molar-refractivity contribution >= 4 is 11.8 Å². The van der Waals surface area contributed by atoms with Crippen molar-refractivity contribution in [2.75, 3.05) is 0 Å². The molecule has 1 radical (unpaired) electrons. The molecule has 3 aromatic rings. The molecule has 117 valence electrons. The first-order valence-corrected chi connectivity index (χ1v) is 7.54. The molecule has 0 aliphatic heterocycles. The molecule has 3 aromatic carbocycles. The van der Waals surface area contributed by atoms with Gasteiger partial charge in [-0.3, -0.25) is 9.59 Å². The highest BCUT2D eigenvalue weighted by molar-refractivity contribution is 6.09. The van der Waals surface area contributed by atoms with Crippen molar-refractivity contribution in [3.63, 3.8) is 0 Å². The number of ether oxygens (including phenoxy) is 1. The highest BCUT2D eigenvalue weighted by Crippen LogP contribution is 2.25. The van der Waals surface area contributed by atoms with E-state index >= 15 is 0 Å². The maximum absolute atomic E-state index is 12.6. The average Bonchev–Trinajstić information content (AvgIpc) is 2.62. The van der Waals surface area contributed by atoms with Gasteiger partial charge < -0.3 is 4.74 Å². The van der Waals surface area contributed by atoms with Crippen LogP contribution in [0.4, 0.5) is 0 Å². The highest BCUT2D eigenvalue weighted by atomic mass is 16.5. The van der Waals surface area contributed by atoms with E-state index in [0.717, 1.165) is 11.1 Å². The number of ketones is 1. The third-order valence-electron chi connectivity index (χ3n) is 3.52. The summed E-state index contributed by atoms with van der Waals surface area (Å²) in [7, 11) is 0. The molecule has 0 N–H and O–H groups in total. The van der Waals surface area contributed by atoms with Gasteiger partial charge in [0.15, 0.2) is 5.78 Å². The third kappa shape index (κ3) is 3.58. The van der Waals surface area contributed by atoms with Crippen LogP contribution in [-0.4, -0.2) is 11.8 Å². The first-order valence-electron chi connectivity index (χ1n) is 7.54. The minimum atomic E-state index is -0.392. The molecular formula is C21H15O3. The Labute approximate surface area is 140 Å². The highest BCUT2D eigenvalue weighted by Gasteiger charge is 2.10. The molecule has 3 nitrogen and oxygen atoms in total. The fraction of sp³-hybridized carbons (Fsp3) is 0.0476. The summed E-state index contributed by atoms with van der Waals surface area (Å²) in [5, 5.41) is 0. The van der Waals surface area contributed by atoms with Crippen molar-refractivity contribution in [3.05, 3.63) is 90.0 Å². The summed E-state index contributed by atoms with van der Waals surface area (Å²) in [5.41, 5.74) is 2.99. The van der Waals surface area contributed by atoms with E-state index in [9.17, 15) is 9.59 Å². The van der Waals surface area contributed by atoms with Gasteiger partial charge in [0.2, 0.25) is 0 Å². The summed E-state index contributed by atoms with van der Waals surface area (Å²) >= 11 is 0. The van der Waals surface area contributed by atoms with E-state index in [1.54, 1.807) is 30.3 Å². The van der Waals surface area contributed by atoms with E-state index in [2.05, 4.69) is 6.07 Å². The average molecular weight is 315 g/mol. The fourth-order valence-corrected chi connectivity index (χ4v) is 2.43. The maximum atomic E-state index is 12.6. The van der Waals surface area contributed by atoms with Gasteiger partial charge in [-0.15, -0.1) is 0 Å². The van der Waals surface area contributed by atoms with E-state index in [4.69, 9.17) is 4.74 Å². The summed E-state index contributed by atoms with van der Waals surface area (Å²) < 4.78 is 5.06. The lowest BCUT2D eigenvalue weighted by Gasteiger charge is -2.07. The minimum Gasteiger partial charge on any atom is -0.426 e. The largest absolute Gasteiger partial charge is 0.426 e. The van der Waals surface area contributed by atoms with Gasteiger partial charge in [-0.25, -0.2) is 0 Å². The number of rotatable bonds is 4. The Hall–Kier alpha value is -3.20. The van der Waals surface area contributed by atoms with E-state index < -0.39 is 5.97 Å². The van der Waals surface area contributed by atoms with E-state index in [1.165, 1.54) is 6.92 Å². The molecule has 0 atom stereocenters. The molecule has 0 saturated heterocycles. The van der Waals surface area contributed by atoms with Crippen LogP contribution in [-0.2, 0) is 4.79 Å². The molecule has 0 spiro atoms. The Kier molecular flexibility index (Phi) is 4.52. The van der Waals surface area contributed by atoms with Gasteiger partial charge in [-0.05, 0) is 29.3 Å². The standard InChI is InChI=1S/C21H15O3/c1-15(22)24-20-12-6-10-18(14-20)17-9-5-11-19(13-17)21(23)16-7-3-2-4-8-16/h2-11,13-14H,1H3. The van der Waals surface area contributed by atoms with Crippen LogP contribution in [0.3, 0.4) is 0 Å². The Morgan fingerprint density at radius 2 is 1.54 bits per heavy atom. The first-order chi connectivity index (χ1) is 11.6. The van der Waals surface area contributed by atoms with Crippen molar-refractivity contribution < 1.29 is 14.3 Å². The molecule has 0 fully saturated rings. The molecule has 0 amide bonds. The number of hydrogen-bond donors (Lipinski definition) is 0. The van der Waals surface area contributed by atoms with Crippen molar-refractivity contribution in [3.8, 4) is 16.9 Å². The maximum Gasteiger partial charge on any atom is 0.308 e. The second-order valence-corrected chi connectivity index (χ2v) is 5.31. The molecule has 0 saturated carbocycles. The molecule has 3 heteroatoms. The zero-order valence-electron chi connectivity index (χ0n) is 13.2. The Morgan fingerprint density at radius 1 is 0.833 bits per heavy atom. The topological polar surface area (TPSA) is 43.4 Å².